The van der Waals surface area contributed by atoms with Gasteiger partial charge in [0.05, 0.1) is 0 Å². The average molecular weight is 281 g/mol. The highest BCUT2D eigenvalue weighted by molar-refractivity contribution is 7.17. The Balaban J connectivity index is 1.98. The fraction of sp³-hybridized carbons (Fsp3) is 0.500. The predicted octanol–water partition coefficient (Wildman–Crippen LogP) is 4.14. The van der Waals surface area contributed by atoms with Crippen molar-refractivity contribution in [2.24, 2.45) is 5.41 Å². The van der Waals surface area contributed by atoms with Crippen LogP contribution >= 0.6 is 22.9 Å². The number of alkyl halides is 1. The summed E-state index contributed by atoms with van der Waals surface area (Å²) in [4.78, 5) is 6.97. The SMILES string of the molecule is CC1(C)CN(c2nccc3sccc23)CCC1Cl. The zero-order chi connectivity index (χ0) is 12.8. The summed E-state index contributed by atoms with van der Waals surface area (Å²) >= 11 is 8.19. The Morgan fingerprint density at radius 1 is 1.44 bits per heavy atom. The van der Waals surface area contributed by atoms with E-state index in [1.54, 1.807) is 11.3 Å². The predicted molar refractivity (Wildman–Crippen MR) is 79.9 cm³/mol. The van der Waals surface area contributed by atoms with E-state index in [-0.39, 0.29) is 10.8 Å². The van der Waals surface area contributed by atoms with Crippen molar-refractivity contribution in [3.05, 3.63) is 23.7 Å². The highest BCUT2D eigenvalue weighted by Gasteiger charge is 2.35. The van der Waals surface area contributed by atoms with Gasteiger partial charge in [-0.05, 0) is 29.3 Å². The molecule has 0 amide bonds. The first kappa shape index (κ1) is 12.2. The molecule has 3 rings (SSSR count). The number of hydrogen-bond acceptors (Lipinski definition) is 3. The minimum atomic E-state index is 0.139. The lowest BCUT2D eigenvalue weighted by atomic mass is 9.83. The van der Waals surface area contributed by atoms with Crippen LogP contribution in [-0.4, -0.2) is 23.5 Å². The highest BCUT2D eigenvalue weighted by atomic mass is 35.5. The number of nitrogens with zero attached hydrogens (tertiary/aromatic N) is 2. The molecular formula is C14H17ClN2S. The Bertz CT molecular complexity index is 564. The van der Waals surface area contributed by atoms with Crippen LogP contribution in [0, 0.1) is 5.41 Å². The average Bonchev–Trinajstić information content (AvgIpc) is 2.80. The van der Waals surface area contributed by atoms with Gasteiger partial charge >= 0.3 is 0 Å². The summed E-state index contributed by atoms with van der Waals surface area (Å²) in [7, 11) is 0. The molecule has 1 aliphatic rings. The van der Waals surface area contributed by atoms with E-state index in [9.17, 15) is 0 Å². The molecule has 2 nitrogen and oxygen atoms in total. The maximum atomic E-state index is 6.41. The third-order valence-corrected chi connectivity index (χ3v) is 5.45. The minimum Gasteiger partial charge on any atom is -0.355 e. The standard InChI is InChI=1S/C14H17ClN2S/c1-14(2)9-17(7-4-12(14)15)13-10-5-8-18-11(10)3-6-16-13/h3,5-6,8,12H,4,7,9H2,1-2H3. The van der Waals surface area contributed by atoms with Crippen molar-refractivity contribution >= 4 is 38.8 Å². The molecule has 0 saturated carbocycles. The summed E-state index contributed by atoms with van der Waals surface area (Å²) in [5, 5.41) is 3.66. The number of rotatable bonds is 1. The third kappa shape index (κ3) is 1.99. The van der Waals surface area contributed by atoms with Crippen molar-refractivity contribution in [1.82, 2.24) is 4.98 Å². The van der Waals surface area contributed by atoms with Gasteiger partial charge in [-0.3, -0.25) is 0 Å². The molecule has 0 spiro atoms. The highest BCUT2D eigenvalue weighted by Crippen LogP contribution is 2.37. The molecule has 0 N–H and O–H groups in total. The summed E-state index contributed by atoms with van der Waals surface area (Å²) in [5.41, 5.74) is 0.139. The molecule has 0 radical (unpaired) electrons. The van der Waals surface area contributed by atoms with Crippen molar-refractivity contribution in [2.75, 3.05) is 18.0 Å². The Labute approximate surface area is 117 Å². The van der Waals surface area contributed by atoms with Crippen molar-refractivity contribution in [3.8, 4) is 0 Å². The molecule has 2 aromatic heterocycles. The van der Waals surface area contributed by atoms with Gasteiger partial charge < -0.3 is 4.90 Å². The maximum absolute atomic E-state index is 6.41. The van der Waals surface area contributed by atoms with Crippen molar-refractivity contribution in [1.29, 1.82) is 0 Å². The molecule has 1 saturated heterocycles. The van der Waals surface area contributed by atoms with E-state index in [2.05, 4.69) is 41.2 Å². The van der Waals surface area contributed by atoms with E-state index in [0.29, 0.717) is 0 Å². The molecule has 0 aromatic carbocycles. The summed E-state index contributed by atoms with van der Waals surface area (Å²) in [6.45, 7) is 6.46. The number of thiophene rings is 1. The largest absolute Gasteiger partial charge is 0.355 e. The van der Waals surface area contributed by atoms with Crippen molar-refractivity contribution < 1.29 is 0 Å². The van der Waals surface area contributed by atoms with Crippen LogP contribution in [-0.2, 0) is 0 Å². The van der Waals surface area contributed by atoms with Crippen LogP contribution in [0.1, 0.15) is 20.3 Å². The van der Waals surface area contributed by atoms with Gasteiger partial charge in [-0.1, -0.05) is 13.8 Å². The van der Waals surface area contributed by atoms with E-state index >= 15 is 0 Å². The van der Waals surface area contributed by atoms with Gasteiger partial charge in [-0.2, -0.15) is 0 Å². The zero-order valence-electron chi connectivity index (χ0n) is 10.7. The third-order valence-electron chi connectivity index (χ3n) is 3.76. The molecule has 18 heavy (non-hydrogen) atoms. The number of aromatic nitrogens is 1. The minimum absolute atomic E-state index is 0.139. The quantitative estimate of drug-likeness (QED) is 0.730. The van der Waals surface area contributed by atoms with Crippen LogP contribution in [0.5, 0.6) is 0 Å². The Hall–Kier alpha value is -0.800. The van der Waals surface area contributed by atoms with Gasteiger partial charge in [0, 0.05) is 34.7 Å². The molecule has 1 unspecified atom stereocenters. The second-order valence-corrected chi connectivity index (χ2v) is 7.11. The van der Waals surface area contributed by atoms with E-state index in [1.165, 1.54) is 10.1 Å². The first-order valence-electron chi connectivity index (χ1n) is 6.29. The molecule has 0 aliphatic carbocycles. The van der Waals surface area contributed by atoms with Crippen LogP contribution in [0.15, 0.2) is 23.7 Å². The summed E-state index contributed by atoms with van der Waals surface area (Å²) in [6, 6.07) is 4.26. The van der Waals surface area contributed by atoms with Gasteiger partial charge in [0.2, 0.25) is 0 Å². The van der Waals surface area contributed by atoms with Crippen LogP contribution in [0.2, 0.25) is 0 Å². The van der Waals surface area contributed by atoms with Gasteiger partial charge in [0.15, 0.2) is 0 Å². The normalized spacial score (nSPS) is 23.5. The molecule has 1 atom stereocenters. The Morgan fingerprint density at radius 3 is 3.06 bits per heavy atom. The summed E-state index contributed by atoms with van der Waals surface area (Å²) in [5.74, 6) is 1.12. The first-order valence-corrected chi connectivity index (χ1v) is 7.61. The van der Waals surface area contributed by atoms with Gasteiger partial charge in [-0.15, -0.1) is 22.9 Å². The molecule has 3 heterocycles. The fourth-order valence-electron chi connectivity index (χ4n) is 2.64. The van der Waals surface area contributed by atoms with Crippen molar-refractivity contribution in [3.63, 3.8) is 0 Å². The Morgan fingerprint density at radius 2 is 2.28 bits per heavy atom. The number of hydrogen-bond donors (Lipinski definition) is 0. The first-order chi connectivity index (χ1) is 8.58. The molecular weight excluding hydrogens is 264 g/mol. The molecule has 2 aromatic rings. The van der Waals surface area contributed by atoms with Gasteiger partial charge in [0.1, 0.15) is 5.82 Å². The number of piperidine rings is 1. The molecule has 4 heteroatoms. The number of fused-ring (bicyclic) bond motifs is 1. The fourth-order valence-corrected chi connectivity index (χ4v) is 3.59. The lowest BCUT2D eigenvalue weighted by molar-refractivity contribution is 0.300. The van der Waals surface area contributed by atoms with E-state index in [1.807, 2.05) is 6.20 Å². The monoisotopic (exact) mass is 280 g/mol. The van der Waals surface area contributed by atoms with Gasteiger partial charge in [0.25, 0.3) is 0 Å². The second kappa shape index (κ2) is 4.39. The topological polar surface area (TPSA) is 16.1 Å². The molecule has 0 bridgehead atoms. The van der Waals surface area contributed by atoms with Crippen LogP contribution < -0.4 is 4.90 Å². The number of pyridine rings is 1. The van der Waals surface area contributed by atoms with Gasteiger partial charge in [-0.25, -0.2) is 4.98 Å². The number of halogens is 1. The lowest BCUT2D eigenvalue weighted by Gasteiger charge is -2.42. The zero-order valence-corrected chi connectivity index (χ0v) is 12.3. The molecule has 1 aliphatic heterocycles. The summed E-state index contributed by atoms with van der Waals surface area (Å²) < 4.78 is 1.31. The van der Waals surface area contributed by atoms with E-state index < -0.39 is 0 Å². The van der Waals surface area contributed by atoms with E-state index in [4.69, 9.17) is 11.6 Å². The molecule has 1 fully saturated rings. The summed E-state index contributed by atoms with van der Waals surface area (Å²) in [6.07, 6.45) is 2.94. The maximum Gasteiger partial charge on any atom is 0.137 e. The Kier molecular flexibility index (Phi) is 2.99. The lowest BCUT2D eigenvalue weighted by Crippen LogP contribution is -2.46. The second-order valence-electron chi connectivity index (χ2n) is 5.63. The molecule has 96 valence electrons. The van der Waals surface area contributed by atoms with E-state index in [0.717, 1.165) is 25.3 Å². The van der Waals surface area contributed by atoms with Crippen LogP contribution in [0.3, 0.4) is 0 Å². The van der Waals surface area contributed by atoms with Crippen LogP contribution in [0.25, 0.3) is 10.1 Å². The van der Waals surface area contributed by atoms with Crippen LogP contribution in [0.4, 0.5) is 5.82 Å². The smallest absolute Gasteiger partial charge is 0.137 e. The van der Waals surface area contributed by atoms with Crippen molar-refractivity contribution in [2.45, 2.75) is 25.6 Å². The number of anilines is 1.